The lowest BCUT2D eigenvalue weighted by atomic mass is 10.1. The second-order valence-corrected chi connectivity index (χ2v) is 4.56. The van der Waals surface area contributed by atoms with Crippen molar-refractivity contribution in [2.24, 2.45) is 5.10 Å². The van der Waals surface area contributed by atoms with Crippen LogP contribution in [0.15, 0.2) is 46.9 Å². The molecule has 1 N–H and O–H groups in total. The zero-order valence-corrected chi connectivity index (χ0v) is 10.2. The highest BCUT2D eigenvalue weighted by atomic mass is 32.1. The fourth-order valence-corrected chi connectivity index (χ4v) is 1.96. The number of rotatable bonds is 3. The Kier molecular flexibility index (Phi) is 3.67. The summed E-state index contributed by atoms with van der Waals surface area (Å²) < 4.78 is 0. The van der Waals surface area contributed by atoms with Crippen molar-refractivity contribution in [3.05, 3.63) is 57.8 Å². The minimum Gasteiger partial charge on any atom is -0.267 e. The molecule has 1 aromatic carbocycles. The van der Waals surface area contributed by atoms with Gasteiger partial charge in [0.15, 0.2) is 0 Å². The van der Waals surface area contributed by atoms with E-state index in [1.165, 1.54) is 0 Å². The van der Waals surface area contributed by atoms with Crippen LogP contribution in [-0.2, 0) is 0 Å². The third kappa shape index (κ3) is 3.26. The van der Waals surface area contributed by atoms with Gasteiger partial charge in [0.2, 0.25) is 0 Å². The van der Waals surface area contributed by atoms with Gasteiger partial charge in [0.25, 0.3) is 5.91 Å². The number of hydrazone groups is 1. The maximum absolute atomic E-state index is 11.7. The molecule has 0 atom stereocenters. The molecule has 1 aromatic heterocycles. The molecule has 0 unspecified atom stereocenters. The van der Waals surface area contributed by atoms with Crippen molar-refractivity contribution in [2.45, 2.75) is 6.92 Å². The Balaban J connectivity index is 1.98. The third-order valence-corrected chi connectivity index (χ3v) is 2.99. The summed E-state index contributed by atoms with van der Waals surface area (Å²) in [4.78, 5) is 12.7. The molecule has 0 aliphatic rings. The molecule has 2 aromatic rings. The summed E-state index contributed by atoms with van der Waals surface area (Å²) in [6.07, 6.45) is 1.64. The molecule has 17 heavy (non-hydrogen) atoms. The van der Waals surface area contributed by atoms with Gasteiger partial charge >= 0.3 is 0 Å². The average Bonchev–Trinajstić information content (AvgIpc) is 2.82. The largest absolute Gasteiger partial charge is 0.271 e. The van der Waals surface area contributed by atoms with E-state index in [1.807, 2.05) is 42.6 Å². The first-order chi connectivity index (χ1) is 8.25. The SMILES string of the molecule is Cc1cccc(C(=O)N/N=C\c2cccs2)c1. The highest BCUT2D eigenvalue weighted by molar-refractivity contribution is 7.11. The summed E-state index contributed by atoms with van der Waals surface area (Å²) in [6.45, 7) is 1.95. The zero-order valence-electron chi connectivity index (χ0n) is 9.38. The van der Waals surface area contributed by atoms with Crippen LogP contribution in [-0.4, -0.2) is 12.1 Å². The van der Waals surface area contributed by atoms with Crippen LogP contribution in [0.3, 0.4) is 0 Å². The van der Waals surface area contributed by atoms with Crippen LogP contribution >= 0.6 is 11.3 Å². The van der Waals surface area contributed by atoms with E-state index in [-0.39, 0.29) is 5.91 Å². The first-order valence-electron chi connectivity index (χ1n) is 5.19. The van der Waals surface area contributed by atoms with Gasteiger partial charge in [-0.3, -0.25) is 4.79 Å². The van der Waals surface area contributed by atoms with Crippen molar-refractivity contribution in [3.63, 3.8) is 0 Å². The van der Waals surface area contributed by atoms with Crippen molar-refractivity contribution < 1.29 is 4.79 Å². The number of benzene rings is 1. The summed E-state index contributed by atoms with van der Waals surface area (Å²) in [5.74, 6) is -0.193. The van der Waals surface area contributed by atoms with E-state index in [1.54, 1.807) is 23.6 Å². The van der Waals surface area contributed by atoms with Crippen LogP contribution in [0, 0.1) is 6.92 Å². The van der Waals surface area contributed by atoms with E-state index in [0.717, 1.165) is 10.4 Å². The number of nitrogens with one attached hydrogen (secondary N) is 1. The Hall–Kier alpha value is -1.94. The van der Waals surface area contributed by atoms with E-state index in [9.17, 15) is 4.79 Å². The molecule has 0 radical (unpaired) electrons. The van der Waals surface area contributed by atoms with Crippen LogP contribution in [0.1, 0.15) is 20.8 Å². The first kappa shape index (κ1) is 11.5. The Morgan fingerprint density at radius 3 is 2.94 bits per heavy atom. The Morgan fingerprint density at radius 2 is 2.24 bits per heavy atom. The second kappa shape index (κ2) is 5.41. The molecule has 4 heteroatoms. The van der Waals surface area contributed by atoms with E-state index < -0.39 is 0 Å². The number of hydrogen-bond acceptors (Lipinski definition) is 3. The number of carbonyl (C=O) groups excluding carboxylic acids is 1. The summed E-state index contributed by atoms with van der Waals surface area (Å²) in [6, 6.07) is 11.3. The number of carbonyl (C=O) groups is 1. The monoisotopic (exact) mass is 244 g/mol. The van der Waals surface area contributed by atoms with Gasteiger partial charge in [0.05, 0.1) is 6.21 Å². The van der Waals surface area contributed by atoms with Crippen LogP contribution in [0.5, 0.6) is 0 Å². The van der Waals surface area contributed by atoms with Gasteiger partial charge in [0.1, 0.15) is 0 Å². The smallest absolute Gasteiger partial charge is 0.267 e. The maximum atomic E-state index is 11.7. The Bertz CT molecular complexity index is 532. The lowest BCUT2D eigenvalue weighted by Crippen LogP contribution is -2.17. The van der Waals surface area contributed by atoms with Gasteiger partial charge in [-0.2, -0.15) is 5.10 Å². The molecular formula is C13H12N2OS. The van der Waals surface area contributed by atoms with Gasteiger partial charge < -0.3 is 0 Å². The van der Waals surface area contributed by atoms with Crippen LogP contribution in [0.4, 0.5) is 0 Å². The normalized spacial score (nSPS) is 10.6. The standard InChI is InChI=1S/C13H12N2OS/c1-10-4-2-5-11(8-10)13(16)15-14-9-12-6-3-7-17-12/h2-9H,1H3,(H,15,16)/b14-9-. The lowest BCUT2D eigenvalue weighted by Gasteiger charge is -2.00. The van der Waals surface area contributed by atoms with E-state index in [4.69, 9.17) is 0 Å². The summed E-state index contributed by atoms with van der Waals surface area (Å²) in [7, 11) is 0. The first-order valence-corrected chi connectivity index (χ1v) is 6.07. The zero-order chi connectivity index (χ0) is 12.1. The van der Waals surface area contributed by atoms with Crippen molar-refractivity contribution >= 4 is 23.5 Å². The third-order valence-electron chi connectivity index (χ3n) is 2.18. The van der Waals surface area contributed by atoms with Crippen molar-refractivity contribution in [1.82, 2.24) is 5.43 Å². The molecule has 0 bridgehead atoms. The predicted molar refractivity (Wildman–Crippen MR) is 70.6 cm³/mol. The van der Waals surface area contributed by atoms with Gasteiger partial charge in [0, 0.05) is 10.4 Å². The molecule has 86 valence electrons. The summed E-state index contributed by atoms with van der Waals surface area (Å²) in [5, 5.41) is 5.87. The number of thiophene rings is 1. The summed E-state index contributed by atoms with van der Waals surface area (Å²) >= 11 is 1.57. The molecule has 1 heterocycles. The topological polar surface area (TPSA) is 41.5 Å². The summed E-state index contributed by atoms with van der Waals surface area (Å²) in [5.41, 5.74) is 4.18. The molecule has 0 fully saturated rings. The minimum atomic E-state index is -0.193. The number of amides is 1. The predicted octanol–water partition coefficient (Wildman–Crippen LogP) is 2.82. The number of nitrogens with zero attached hydrogens (tertiary/aromatic N) is 1. The molecule has 0 saturated carbocycles. The van der Waals surface area contributed by atoms with Crippen molar-refractivity contribution in [1.29, 1.82) is 0 Å². The van der Waals surface area contributed by atoms with Crippen LogP contribution in [0.25, 0.3) is 0 Å². The molecule has 3 nitrogen and oxygen atoms in total. The van der Waals surface area contributed by atoms with E-state index >= 15 is 0 Å². The maximum Gasteiger partial charge on any atom is 0.271 e. The molecule has 0 saturated heterocycles. The Labute approximate surface area is 104 Å². The highest BCUT2D eigenvalue weighted by Gasteiger charge is 2.02. The fraction of sp³-hybridized carbons (Fsp3) is 0.0769. The van der Waals surface area contributed by atoms with Crippen molar-refractivity contribution in [3.8, 4) is 0 Å². The van der Waals surface area contributed by atoms with Gasteiger partial charge in [-0.05, 0) is 30.5 Å². The quantitative estimate of drug-likeness (QED) is 0.654. The minimum absolute atomic E-state index is 0.193. The van der Waals surface area contributed by atoms with Crippen molar-refractivity contribution in [2.75, 3.05) is 0 Å². The van der Waals surface area contributed by atoms with Gasteiger partial charge in [-0.15, -0.1) is 11.3 Å². The van der Waals surface area contributed by atoms with Crippen LogP contribution in [0.2, 0.25) is 0 Å². The molecule has 0 spiro atoms. The fourth-order valence-electron chi connectivity index (χ4n) is 1.37. The number of hydrogen-bond donors (Lipinski definition) is 1. The molecule has 0 aliphatic heterocycles. The van der Waals surface area contributed by atoms with Crippen LogP contribution < -0.4 is 5.43 Å². The lowest BCUT2D eigenvalue weighted by molar-refractivity contribution is 0.0955. The highest BCUT2D eigenvalue weighted by Crippen LogP contribution is 2.05. The number of aryl methyl sites for hydroxylation is 1. The molecule has 1 amide bonds. The van der Waals surface area contributed by atoms with Gasteiger partial charge in [-0.1, -0.05) is 23.8 Å². The molecule has 0 aliphatic carbocycles. The average molecular weight is 244 g/mol. The van der Waals surface area contributed by atoms with Gasteiger partial charge in [-0.25, -0.2) is 5.43 Å². The molecular weight excluding hydrogens is 232 g/mol. The Morgan fingerprint density at radius 1 is 1.35 bits per heavy atom. The van der Waals surface area contributed by atoms with E-state index in [0.29, 0.717) is 5.56 Å². The van der Waals surface area contributed by atoms with E-state index in [2.05, 4.69) is 10.5 Å². The second-order valence-electron chi connectivity index (χ2n) is 3.58. The molecule has 2 rings (SSSR count).